The van der Waals surface area contributed by atoms with E-state index in [0.717, 1.165) is 6.26 Å². The van der Waals surface area contributed by atoms with Gasteiger partial charge in [-0.1, -0.05) is 0 Å². The number of methoxy groups -OCH3 is 1. The van der Waals surface area contributed by atoms with Gasteiger partial charge in [-0.2, -0.15) is 4.98 Å². The van der Waals surface area contributed by atoms with Crippen LogP contribution in [0.4, 0.5) is 19.4 Å². The van der Waals surface area contributed by atoms with Crippen LogP contribution in [0.2, 0.25) is 0 Å². The molecule has 1 N–H and O–H groups in total. The van der Waals surface area contributed by atoms with Crippen LogP contribution in [0.3, 0.4) is 0 Å². The van der Waals surface area contributed by atoms with Crippen LogP contribution in [0.15, 0.2) is 11.2 Å². The number of halogens is 2. The Hall–Kier alpha value is -2.24. The van der Waals surface area contributed by atoms with Gasteiger partial charge in [0.1, 0.15) is 11.9 Å². The summed E-state index contributed by atoms with van der Waals surface area (Å²) in [6.07, 6.45) is 0.168. The Morgan fingerprint density at radius 2 is 1.93 bits per heavy atom. The molecular weight excluding hydrogens is 398 g/mol. The Labute approximate surface area is 161 Å². The molecule has 28 heavy (non-hydrogen) atoms. The maximum Gasteiger partial charge on any atom is 0.409 e. The highest BCUT2D eigenvalue weighted by Crippen LogP contribution is 2.34. The molecular formula is C16H22F2N4O5S. The van der Waals surface area contributed by atoms with Crippen molar-refractivity contribution in [2.24, 2.45) is 0 Å². The first-order chi connectivity index (χ1) is 13.1. The van der Waals surface area contributed by atoms with Crippen molar-refractivity contribution < 1.29 is 31.5 Å². The summed E-state index contributed by atoms with van der Waals surface area (Å²) in [5, 5.41) is 2.58. The fraction of sp³-hybridized carbons (Fsp3) is 0.688. The summed E-state index contributed by atoms with van der Waals surface area (Å²) in [6.45, 7) is 0.566. The van der Waals surface area contributed by atoms with Gasteiger partial charge < -0.3 is 19.7 Å². The average molecular weight is 420 g/mol. The first-order valence-corrected chi connectivity index (χ1v) is 10.7. The first kappa shape index (κ1) is 20.5. The quantitative estimate of drug-likeness (QED) is 0.717. The summed E-state index contributed by atoms with van der Waals surface area (Å²) in [7, 11) is -2.43. The van der Waals surface area contributed by atoms with Crippen molar-refractivity contribution >= 4 is 21.7 Å². The lowest BCUT2D eigenvalue weighted by Crippen LogP contribution is -2.56. The highest BCUT2D eigenvalue weighted by molar-refractivity contribution is 7.90. The summed E-state index contributed by atoms with van der Waals surface area (Å²) in [4.78, 5) is 20.7. The molecule has 2 heterocycles. The van der Waals surface area contributed by atoms with Crippen molar-refractivity contribution in [1.82, 2.24) is 14.9 Å². The van der Waals surface area contributed by atoms with E-state index >= 15 is 0 Å². The van der Waals surface area contributed by atoms with E-state index in [9.17, 15) is 22.0 Å². The van der Waals surface area contributed by atoms with Gasteiger partial charge in [-0.3, -0.25) is 0 Å². The van der Waals surface area contributed by atoms with Gasteiger partial charge in [0.05, 0.1) is 20.2 Å². The molecule has 0 aromatic carbocycles. The molecule has 0 atom stereocenters. The Morgan fingerprint density at radius 1 is 1.29 bits per heavy atom. The highest BCUT2D eigenvalue weighted by Gasteiger charge is 2.36. The number of alkyl halides is 2. The van der Waals surface area contributed by atoms with Crippen LogP contribution >= 0.6 is 0 Å². The van der Waals surface area contributed by atoms with Gasteiger partial charge >= 0.3 is 6.09 Å². The second-order valence-corrected chi connectivity index (χ2v) is 8.95. The maximum atomic E-state index is 13.3. The highest BCUT2D eigenvalue weighted by atomic mass is 32.2. The molecule has 9 nitrogen and oxygen atoms in total. The number of rotatable bonds is 5. The number of nitrogens with one attached hydrogen (secondary N) is 1. The Bertz CT molecular complexity index is 835. The molecule has 156 valence electrons. The molecule has 1 aliphatic heterocycles. The third-order valence-corrected chi connectivity index (χ3v) is 5.50. The Balaban J connectivity index is 1.70. The number of carbonyl (C=O) groups excluding carboxylic acids is 1. The van der Waals surface area contributed by atoms with E-state index in [1.807, 2.05) is 0 Å². The van der Waals surface area contributed by atoms with Crippen molar-refractivity contribution in [2.75, 3.05) is 31.8 Å². The zero-order chi connectivity index (χ0) is 20.5. The van der Waals surface area contributed by atoms with Gasteiger partial charge in [0.2, 0.25) is 21.6 Å². The molecule has 0 unspecified atom stereocenters. The third kappa shape index (κ3) is 4.97. The predicted octanol–water partition coefficient (Wildman–Crippen LogP) is 1.70. The van der Waals surface area contributed by atoms with E-state index < -0.39 is 27.0 Å². The van der Waals surface area contributed by atoms with Gasteiger partial charge in [0, 0.05) is 31.2 Å². The molecule has 2 fully saturated rings. The summed E-state index contributed by atoms with van der Waals surface area (Å²) in [5.74, 6) is -2.43. The van der Waals surface area contributed by atoms with Crippen LogP contribution in [0.25, 0.3) is 0 Å². The number of ether oxygens (including phenoxy) is 2. The molecule has 2 aliphatic rings. The van der Waals surface area contributed by atoms with Gasteiger partial charge in [0.15, 0.2) is 0 Å². The molecule has 12 heteroatoms. The third-order valence-electron chi connectivity index (χ3n) is 4.65. The van der Waals surface area contributed by atoms with Gasteiger partial charge in [-0.15, -0.1) is 0 Å². The molecule has 1 saturated carbocycles. The molecule has 1 amide bonds. The largest absolute Gasteiger partial charge is 0.470 e. The minimum absolute atomic E-state index is 0.0357. The Kier molecular flexibility index (Phi) is 5.60. The van der Waals surface area contributed by atoms with Crippen LogP contribution in [0.5, 0.6) is 5.88 Å². The number of amides is 1. The number of carbonyl (C=O) groups is 1. The van der Waals surface area contributed by atoms with E-state index in [0.29, 0.717) is 0 Å². The van der Waals surface area contributed by atoms with E-state index in [2.05, 4.69) is 20.0 Å². The fourth-order valence-corrected chi connectivity index (χ4v) is 3.58. The molecule has 1 aliphatic carbocycles. The number of sulfone groups is 1. The number of anilines is 1. The monoisotopic (exact) mass is 420 g/mol. The van der Waals surface area contributed by atoms with E-state index in [-0.39, 0.29) is 62.6 Å². The predicted molar refractivity (Wildman–Crippen MR) is 94.4 cm³/mol. The summed E-state index contributed by atoms with van der Waals surface area (Å²) in [5.41, 5.74) is 0. The molecule has 0 bridgehead atoms. The lowest BCUT2D eigenvalue weighted by atomic mass is 9.92. The van der Waals surface area contributed by atoms with Crippen LogP contribution in [-0.2, 0) is 14.6 Å². The van der Waals surface area contributed by atoms with Crippen LogP contribution in [0, 0.1) is 0 Å². The maximum absolute atomic E-state index is 13.3. The number of hydrogen-bond donors (Lipinski definition) is 1. The molecule has 3 rings (SSSR count). The van der Waals surface area contributed by atoms with Gasteiger partial charge in [-0.25, -0.2) is 27.0 Å². The molecule has 0 radical (unpaired) electrons. The van der Waals surface area contributed by atoms with Crippen LogP contribution in [0.1, 0.15) is 25.7 Å². The van der Waals surface area contributed by atoms with Crippen molar-refractivity contribution in [3.63, 3.8) is 0 Å². The minimum Gasteiger partial charge on any atom is -0.470 e. The summed E-state index contributed by atoms with van der Waals surface area (Å²) in [6, 6.07) is 1.19. The van der Waals surface area contributed by atoms with Gasteiger partial charge in [0.25, 0.3) is 5.16 Å². The van der Waals surface area contributed by atoms with Crippen molar-refractivity contribution in [3.05, 3.63) is 6.07 Å². The normalized spacial score (nSPS) is 20.4. The molecule has 0 spiro atoms. The van der Waals surface area contributed by atoms with Crippen molar-refractivity contribution in [3.8, 4) is 5.88 Å². The number of likely N-dealkylation sites (tertiary alicyclic amines) is 1. The number of hydrogen-bond acceptors (Lipinski definition) is 8. The second kappa shape index (κ2) is 7.64. The van der Waals surface area contributed by atoms with Crippen molar-refractivity contribution in [2.45, 2.75) is 48.9 Å². The SMILES string of the molecule is COC(=O)N1CC(Oc2cc(NC3CCC(F)(F)CC3)nc(S(C)(=O)=O)n2)C1. The number of nitrogens with zero attached hydrogens (tertiary/aromatic N) is 3. The topological polar surface area (TPSA) is 111 Å². The summed E-state index contributed by atoms with van der Waals surface area (Å²) < 4.78 is 60.7. The second-order valence-electron chi connectivity index (χ2n) is 7.04. The molecule has 1 aromatic heterocycles. The van der Waals surface area contributed by atoms with E-state index in [4.69, 9.17) is 4.74 Å². The first-order valence-electron chi connectivity index (χ1n) is 8.79. The van der Waals surface area contributed by atoms with E-state index in [1.54, 1.807) is 0 Å². The molecule has 1 saturated heterocycles. The lowest BCUT2D eigenvalue weighted by molar-refractivity contribution is -0.0361. The van der Waals surface area contributed by atoms with Crippen LogP contribution in [-0.4, -0.2) is 73.9 Å². The number of aromatic nitrogens is 2. The Morgan fingerprint density at radius 3 is 2.50 bits per heavy atom. The minimum atomic E-state index is -3.71. The van der Waals surface area contributed by atoms with Crippen LogP contribution < -0.4 is 10.1 Å². The average Bonchev–Trinajstić information content (AvgIpc) is 2.58. The van der Waals surface area contributed by atoms with Gasteiger partial charge in [-0.05, 0) is 12.8 Å². The molecule has 1 aromatic rings. The van der Waals surface area contributed by atoms with Crippen molar-refractivity contribution in [1.29, 1.82) is 0 Å². The standard InChI is InChI=1S/C16H22F2N4O5S/c1-26-15(23)22-8-11(9-22)27-13-7-12(20-14(21-13)28(2,24)25)19-10-3-5-16(17,18)6-4-10/h7,10-11H,3-6,8-9H2,1-2H3,(H,19,20,21). The summed E-state index contributed by atoms with van der Waals surface area (Å²) >= 11 is 0. The smallest absolute Gasteiger partial charge is 0.409 e. The zero-order valence-electron chi connectivity index (χ0n) is 15.5. The van der Waals surface area contributed by atoms with E-state index in [1.165, 1.54) is 18.1 Å². The lowest BCUT2D eigenvalue weighted by Gasteiger charge is -2.37. The fourth-order valence-electron chi connectivity index (χ4n) is 3.06. The zero-order valence-corrected chi connectivity index (χ0v) is 16.3.